The van der Waals surface area contributed by atoms with Crippen LogP contribution in [0.4, 0.5) is 0 Å². The number of rotatable bonds is 8. The van der Waals surface area contributed by atoms with Crippen LogP contribution in [-0.4, -0.2) is 10.2 Å². The molecule has 4 nitrogen and oxygen atoms in total. The molecule has 4 heteroatoms. The molecule has 32 heavy (non-hydrogen) atoms. The first-order valence-electron chi connectivity index (χ1n) is 10.3. The third-order valence-electron chi connectivity index (χ3n) is 4.87. The van der Waals surface area contributed by atoms with Gasteiger partial charge in [0.05, 0.1) is 0 Å². The summed E-state index contributed by atoms with van der Waals surface area (Å²) >= 11 is 0. The lowest BCUT2D eigenvalue weighted by Crippen LogP contribution is -1.98. The Morgan fingerprint density at radius 3 is 1.59 bits per heavy atom. The van der Waals surface area contributed by atoms with Crippen LogP contribution in [-0.2, 0) is 13.2 Å². The van der Waals surface area contributed by atoms with Gasteiger partial charge in [-0.05, 0) is 46.5 Å². The van der Waals surface area contributed by atoms with Crippen molar-refractivity contribution in [2.75, 3.05) is 0 Å². The van der Waals surface area contributed by atoms with Gasteiger partial charge in [0.15, 0.2) is 11.5 Å². The molecule has 0 aliphatic rings. The fourth-order valence-corrected chi connectivity index (χ4v) is 3.18. The zero-order valence-corrected chi connectivity index (χ0v) is 17.5. The van der Waals surface area contributed by atoms with Crippen molar-refractivity contribution in [1.82, 2.24) is 0 Å². The summed E-state index contributed by atoms with van der Waals surface area (Å²) in [5.74, 6) is 1.11. The molecule has 0 aromatic heterocycles. The highest BCUT2D eigenvalue weighted by molar-refractivity contribution is 5.72. The van der Waals surface area contributed by atoms with Crippen molar-refractivity contribution in [2.24, 2.45) is 0 Å². The topological polar surface area (TPSA) is 58.9 Å². The van der Waals surface area contributed by atoms with Crippen molar-refractivity contribution in [2.45, 2.75) is 13.2 Å². The first kappa shape index (κ1) is 21.1. The van der Waals surface area contributed by atoms with Crippen LogP contribution < -0.4 is 9.47 Å². The molecule has 0 atom stereocenters. The Kier molecular flexibility index (Phi) is 6.73. The van der Waals surface area contributed by atoms with Gasteiger partial charge in [0.25, 0.3) is 0 Å². The molecule has 0 unspecified atom stereocenters. The summed E-state index contributed by atoms with van der Waals surface area (Å²) < 4.78 is 12.1. The number of phenolic OH excluding ortho intramolecular Hbond substituents is 2. The quantitative estimate of drug-likeness (QED) is 0.253. The van der Waals surface area contributed by atoms with Crippen LogP contribution in [0.25, 0.3) is 12.2 Å². The maximum absolute atomic E-state index is 9.72. The maximum Gasteiger partial charge on any atom is 0.157 e. The smallest absolute Gasteiger partial charge is 0.157 e. The van der Waals surface area contributed by atoms with E-state index in [1.807, 2.05) is 91.0 Å². The molecule has 0 aliphatic carbocycles. The highest BCUT2D eigenvalue weighted by Gasteiger charge is 2.05. The summed E-state index contributed by atoms with van der Waals surface area (Å²) in [7, 11) is 0. The van der Waals surface area contributed by atoms with Crippen molar-refractivity contribution in [3.63, 3.8) is 0 Å². The van der Waals surface area contributed by atoms with Crippen molar-refractivity contribution in [1.29, 1.82) is 0 Å². The van der Waals surface area contributed by atoms with Crippen LogP contribution in [0, 0.1) is 0 Å². The van der Waals surface area contributed by atoms with Gasteiger partial charge in [0, 0.05) is 6.07 Å². The van der Waals surface area contributed by atoms with E-state index in [1.54, 1.807) is 6.07 Å². The summed E-state index contributed by atoms with van der Waals surface area (Å²) in [5, 5.41) is 19.2. The van der Waals surface area contributed by atoms with E-state index in [9.17, 15) is 10.2 Å². The summed E-state index contributed by atoms with van der Waals surface area (Å²) in [4.78, 5) is 0. The molecule has 0 heterocycles. The molecule has 0 bridgehead atoms. The van der Waals surface area contributed by atoms with Gasteiger partial charge in [-0.25, -0.2) is 0 Å². The lowest BCUT2D eigenvalue weighted by molar-refractivity contribution is 0.290. The Bertz CT molecular complexity index is 1120. The lowest BCUT2D eigenvalue weighted by atomic mass is 10.1. The largest absolute Gasteiger partial charge is 0.504 e. The zero-order valence-electron chi connectivity index (χ0n) is 17.5. The maximum atomic E-state index is 9.72. The molecular formula is C28H24O4. The number of aromatic hydroxyl groups is 2. The monoisotopic (exact) mass is 424 g/mol. The Balaban J connectivity index is 1.55. The van der Waals surface area contributed by atoms with Crippen LogP contribution in [0.15, 0.2) is 97.1 Å². The number of ether oxygens (including phenoxy) is 2. The van der Waals surface area contributed by atoms with Crippen molar-refractivity contribution >= 4 is 12.2 Å². The summed E-state index contributed by atoms with van der Waals surface area (Å²) in [6.07, 6.45) is 3.77. The molecule has 0 fully saturated rings. The summed E-state index contributed by atoms with van der Waals surface area (Å²) in [6, 6.07) is 30.4. The lowest BCUT2D eigenvalue weighted by Gasteiger charge is -2.12. The molecule has 0 saturated carbocycles. The second-order valence-electron chi connectivity index (χ2n) is 7.37. The average Bonchev–Trinajstić information content (AvgIpc) is 2.83. The SMILES string of the molecule is Oc1ccc(/C=C/c2cc(OCc3ccccc3)cc(OCc3ccccc3)c2)cc1O. The van der Waals surface area contributed by atoms with E-state index in [0.29, 0.717) is 24.7 Å². The molecule has 0 amide bonds. The van der Waals surface area contributed by atoms with E-state index in [2.05, 4.69) is 0 Å². The van der Waals surface area contributed by atoms with Crippen LogP contribution in [0.3, 0.4) is 0 Å². The first-order chi connectivity index (χ1) is 15.7. The van der Waals surface area contributed by atoms with Gasteiger partial charge in [-0.2, -0.15) is 0 Å². The molecule has 4 rings (SSSR count). The molecule has 0 radical (unpaired) electrons. The normalized spacial score (nSPS) is 10.9. The second-order valence-corrected chi connectivity index (χ2v) is 7.37. The van der Waals surface area contributed by atoms with E-state index >= 15 is 0 Å². The molecule has 0 spiro atoms. The Hall–Kier alpha value is -4.18. The molecule has 0 saturated heterocycles. The van der Waals surface area contributed by atoms with E-state index in [0.717, 1.165) is 22.3 Å². The van der Waals surface area contributed by atoms with E-state index in [-0.39, 0.29) is 11.5 Å². The molecule has 4 aromatic carbocycles. The van der Waals surface area contributed by atoms with Gasteiger partial charge in [0.1, 0.15) is 24.7 Å². The highest BCUT2D eigenvalue weighted by atomic mass is 16.5. The molecule has 160 valence electrons. The predicted octanol–water partition coefficient (Wildman–Crippen LogP) is 6.43. The Morgan fingerprint density at radius 1 is 0.531 bits per heavy atom. The van der Waals surface area contributed by atoms with Gasteiger partial charge in [-0.1, -0.05) is 78.9 Å². The van der Waals surface area contributed by atoms with E-state index in [4.69, 9.17) is 9.47 Å². The third kappa shape index (κ3) is 5.92. The number of benzene rings is 4. The van der Waals surface area contributed by atoms with Gasteiger partial charge in [-0.15, -0.1) is 0 Å². The fraction of sp³-hybridized carbons (Fsp3) is 0.0714. The van der Waals surface area contributed by atoms with Gasteiger partial charge < -0.3 is 19.7 Å². The molecule has 0 aliphatic heterocycles. The number of hydrogen-bond acceptors (Lipinski definition) is 4. The highest BCUT2D eigenvalue weighted by Crippen LogP contribution is 2.28. The minimum atomic E-state index is -0.154. The molecule has 4 aromatic rings. The van der Waals surface area contributed by atoms with Crippen LogP contribution >= 0.6 is 0 Å². The molecular weight excluding hydrogens is 400 g/mol. The van der Waals surface area contributed by atoms with Gasteiger partial charge in [-0.3, -0.25) is 0 Å². The van der Waals surface area contributed by atoms with Crippen molar-refractivity contribution < 1.29 is 19.7 Å². The van der Waals surface area contributed by atoms with Crippen LogP contribution in [0.2, 0.25) is 0 Å². The summed E-state index contributed by atoms with van der Waals surface area (Å²) in [5.41, 5.74) is 3.83. The number of hydrogen-bond donors (Lipinski definition) is 2. The minimum Gasteiger partial charge on any atom is -0.504 e. The van der Waals surface area contributed by atoms with Crippen molar-refractivity contribution in [3.05, 3.63) is 119 Å². The van der Waals surface area contributed by atoms with E-state index < -0.39 is 0 Å². The van der Waals surface area contributed by atoms with Gasteiger partial charge in [0.2, 0.25) is 0 Å². The Labute approximate surface area is 187 Å². The van der Waals surface area contributed by atoms with Gasteiger partial charge >= 0.3 is 0 Å². The second kappa shape index (κ2) is 10.2. The minimum absolute atomic E-state index is 0.143. The average molecular weight is 424 g/mol. The van der Waals surface area contributed by atoms with E-state index in [1.165, 1.54) is 12.1 Å². The Morgan fingerprint density at radius 2 is 1.06 bits per heavy atom. The predicted molar refractivity (Wildman–Crippen MR) is 127 cm³/mol. The zero-order chi connectivity index (χ0) is 22.2. The third-order valence-corrected chi connectivity index (χ3v) is 4.87. The van der Waals surface area contributed by atoms with Crippen LogP contribution in [0.1, 0.15) is 22.3 Å². The number of phenols is 2. The first-order valence-corrected chi connectivity index (χ1v) is 10.3. The summed E-state index contributed by atoms with van der Waals surface area (Å²) in [6.45, 7) is 0.913. The van der Waals surface area contributed by atoms with Crippen molar-refractivity contribution in [3.8, 4) is 23.0 Å². The molecule has 2 N–H and O–H groups in total. The standard InChI is InChI=1S/C28H24O4/c29-27-14-13-21(17-28(27)30)11-12-24-15-25(31-19-22-7-3-1-4-8-22)18-26(16-24)32-20-23-9-5-2-6-10-23/h1-18,29-30H,19-20H2/b12-11+. The van der Waals surface area contributed by atoms with Crippen LogP contribution in [0.5, 0.6) is 23.0 Å². The fourth-order valence-electron chi connectivity index (χ4n) is 3.18.